The highest BCUT2D eigenvalue weighted by molar-refractivity contribution is 7.92. The summed E-state index contributed by atoms with van der Waals surface area (Å²) in [6.07, 6.45) is 4.99. The van der Waals surface area contributed by atoms with Crippen LogP contribution in [0.3, 0.4) is 0 Å². The van der Waals surface area contributed by atoms with Crippen LogP contribution in [-0.4, -0.2) is 67.8 Å². The van der Waals surface area contributed by atoms with Gasteiger partial charge in [0.25, 0.3) is 5.56 Å². The minimum atomic E-state index is -5.00. The van der Waals surface area contributed by atoms with E-state index in [9.17, 15) is 22.6 Å². The van der Waals surface area contributed by atoms with Crippen LogP contribution in [0.25, 0.3) is 16.8 Å². The van der Waals surface area contributed by atoms with Crippen LogP contribution < -0.4 is 16.0 Å². The van der Waals surface area contributed by atoms with Crippen molar-refractivity contribution in [2.24, 2.45) is 0 Å². The zero-order chi connectivity index (χ0) is 28.6. The number of rotatable bonds is 10. The molecule has 1 aromatic carbocycles. The maximum Gasteiger partial charge on any atom is 0.429 e. The van der Waals surface area contributed by atoms with E-state index in [1.165, 1.54) is 26.7 Å². The normalized spacial score (nSPS) is 13.2. The van der Waals surface area contributed by atoms with Gasteiger partial charge in [-0.2, -0.15) is 15.0 Å². The Morgan fingerprint density at radius 1 is 1.05 bits per heavy atom. The zero-order valence-electron chi connectivity index (χ0n) is 21.6. The average molecular weight is 569 g/mol. The minimum Gasteiger partial charge on any atom is -0.317 e. The molecule has 0 aliphatic carbocycles. The first-order chi connectivity index (χ1) is 17.7. The van der Waals surface area contributed by atoms with E-state index in [2.05, 4.69) is 29.4 Å². The molecule has 1 unspecified atom stereocenters. The van der Waals surface area contributed by atoms with Crippen molar-refractivity contribution in [1.29, 1.82) is 0 Å². The summed E-state index contributed by atoms with van der Waals surface area (Å²) in [5.41, 5.74) is 1.70. The van der Waals surface area contributed by atoms with Crippen LogP contribution in [0.1, 0.15) is 27.2 Å². The fourth-order valence-electron chi connectivity index (χ4n) is 3.31. The molecule has 0 aliphatic rings. The monoisotopic (exact) mass is 568 g/mol. The second-order valence-corrected chi connectivity index (χ2v) is 12.3. The summed E-state index contributed by atoms with van der Waals surface area (Å²) >= 11 is 0. The number of aryl methyl sites for hydroxylation is 1. The summed E-state index contributed by atoms with van der Waals surface area (Å²) in [5.74, 6) is -1.34. The van der Waals surface area contributed by atoms with Crippen molar-refractivity contribution in [1.82, 2.24) is 30.0 Å². The molecule has 0 radical (unpaired) electrons. The summed E-state index contributed by atoms with van der Waals surface area (Å²) in [4.78, 5) is 44.3. The van der Waals surface area contributed by atoms with Gasteiger partial charge in [0.15, 0.2) is 9.84 Å². The van der Waals surface area contributed by atoms with Gasteiger partial charge in [-0.3, -0.25) is 14.7 Å². The maximum absolute atomic E-state index is 12.6. The molecule has 13 nitrogen and oxygen atoms in total. The highest BCUT2D eigenvalue weighted by Crippen LogP contribution is 2.32. The first kappa shape index (κ1) is 31.1. The fourth-order valence-corrected chi connectivity index (χ4v) is 4.75. The molecule has 1 atom stereocenters. The van der Waals surface area contributed by atoms with E-state index >= 15 is 0 Å². The van der Waals surface area contributed by atoms with Gasteiger partial charge in [0.2, 0.25) is 5.91 Å². The van der Waals surface area contributed by atoms with Gasteiger partial charge in [-0.25, -0.2) is 13.0 Å². The summed E-state index contributed by atoms with van der Waals surface area (Å²) in [6, 6.07) is 10.2. The third kappa shape index (κ3) is 8.43. The van der Waals surface area contributed by atoms with Crippen LogP contribution in [0.15, 0.2) is 59.8 Å². The molecule has 4 N–H and O–H groups in total. The first-order valence-corrected chi connectivity index (χ1v) is 15.2. The van der Waals surface area contributed by atoms with E-state index < -0.39 is 33.8 Å². The Morgan fingerprint density at radius 3 is 2.08 bits per heavy atom. The van der Waals surface area contributed by atoms with Crippen molar-refractivity contribution in [2.75, 3.05) is 19.3 Å². The number of amides is 1. The summed E-state index contributed by atoms with van der Waals surface area (Å²) < 4.78 is 34.6. The molecule has 2 aromatic heterocycles. The molecule has 1 amide bonds. The molecule has 3 aromatic rings. The molecule has 3 rings (SSSR count). The number of sulfone groups is 1. The molecule has 208 valence electrons. The van der Waals surface area contributed by atoms with Crippen molar-refractivity contribution in [3.05, 3.63) is 65.3 Å². The Kier molecular flexibility index (Phi) is 10.7. The van der Waals surface area contributed by atoms with Gasteiger partial charge >= 0.3 is 7.75 Å². The molecular formula is C23H33N6O7PS. The smallest absolute Gasteiger partial charge is 0.317 e. The molecule has 0 fully saturated rings. The predicted molar refractivity (Wildman–Crippen MR) is 143 cm³/mol. The van der Waals surface area contributed by atoms with Crippen LogP contribution in [0.2, 0.25) is 0 Å². The van der Waals surface area contributed by atoms with Gasteiger partial charge in [0.05, 0.1) is 18.1 Å². The Labute approximate surface area is 221 Å². The van der Waals surface area contributed by atoms with Gasteiger partial charge in [0, 0.05) is 25.1 Å². The SMILES string of the molecule is CC(CCn1ccc(-c2ccc(-n3nccn3)cc2)cc1=O)(C(=O)NP(=O)(O)O)S(C)(=O)=O.CCNCC. The zero-order valence-corrected chi connectivity index (χ0v) is 23.3. The van der Waals surface area contributed by atoms with Gasteiger partial charge < -0.3 is 19.7 Å². The molecule has 0 aliphatic heterocycles. The molecule has 0 spiro atoms. The Hall–Kier alpha value is -3.16. The lowest BCUT2D eigenvalue weighted by Gasteiger charge is -2.26. The number of benzene rings is 1. The highest BCUT2D eigenvalue weighted by atomic mass is 32.2. The lowest BCUT2D eigenvalue weighted by Crippen LogP contribution is -2.49. The van der Waals surface area contributed by atoms with Crippen molar-refractivity contribution in [3.8, 4) is 16.8 Å². The molecular weight excluding hydrogens is 535 g/mol. The van der Waals surface area contributed by atoms with Crippen molar-refractivity contribution < 1.29 is 27.6 Å². The molecule has 38 heavy (non-hydrogen) atoms. The second-order valence-electron chi connectivity index (χ2n) is 8.51. The van der Waals surface area contributed by atoms with E-state index in [1.54, 1.807) is 42.7 Å². The summed E-state index contributed by atoms with van der Waals surface area (Å²) in [5, 5.41) is 12.6. The minimum absolute atomic E-state index is 0.166. The Bertz CT molecular complexity index is 1420. The number of nitrogens with zero attached hydrogens (tertiary/aromatic N) is 4. The Balaban J connectivity index is 0.000000926. The van der Waals surface area contributed by atoms with E-state index in [0.29, 0.717) is 5.56 Å². The molecule has 0 saturated carbocycles. The average Bonchev–Trinajstić information content (AvgIpc) is 3.37. The van der Waals surface area contributed by atoms with Gasteiger partial charge in [0.1, 0.15) is 4.75 Å². The van der Waals surface area contributed by atoms with Crippen LogP contribution >= 0.6 is 7.75 Å². The van der Waals surface area contributed by atoms with Gasteiger partial charge in [-0.1, -0.05) is 26.0 Å². The fraction of sp³-hybridized carbons (Fsp3) is 0.391. The van der Waals surface area contributed by atoms with Crippen molar-refractivity contribution in [3.63, 3.8) is 0 Å². The molecule has 0 bridgehead atoms. The number of carbonyl (C=O) groups excluding carboxylic acids is 1. The van der Waals surface area contributed by atoms with E-state index in [4.69, 9.17) is 9.79 Å². The molecule has 15 heteroatoms. The number of aromatic nitrogens is 4. The number of hydrogen-bond acceptors (Lipinski definition) is 8. The largest absolute Gasteiger partial charge is 0.429 e. The third-order valence-electron chi connectivity index (χ3n) is 5.72. The topological polar surface area (TPSA) is 186 Å². The van der Waals surface area contributed by atoms with E-state index in [0.717, 1.165) is 37.5 Å². The standard InChI is InChI=1S/C19H22N5O7PS.C4H11N/c1-19(33(2,30)31,18(26)22-32(27,28)29)8-12-23-11-7-15(13-17(23)25)14-3-5-16(6-4-14)24-20-9-10-21-24;1-3-5-4-2/h3-7,9-11,13H,8,12H2,1-2H3,(H3,22,26,27,28,29);5H,3-4H2,1-2H3. The highest BCUT2D eigenvalue weighted by Gasteiger charge is 2.45. The van der Waals surface area contributed by atoms with Crippen LogP contribution in [0.5, 0.6) is 0 Å². The van der Waals surface area contributed by atoms with Crippen LogP contribution in [-0.2, 0) is 25.7 Å². The van der Waals surface area contributed by atoms with Gasteiger partial charge in [-0.15, -0.1) is 0 Å². The van der Waals surface area contributed by atoms with Crippen LogP contribution in [0.4, 0.5) is 0 Å². The predicted octanol–water partition coefficient (Wildman–Crippen LogP) is 1.11. The number of pyridine rings is 1. The van der Waals surface area contributed by atoms with E-state index in [1.807, 2.05) is 0 Å². The molecule has 0 saturated heterocycles. The number of carbonyl (C=O) groups is 1. The van der Waals surface area contributed by atoms with Gasteiger partial charge in [-0.05, 0) is 55.8 Å². The summed E-state index contributed by atoms with van der Waals surface area (Å²) in [7, 11) is -9.07. The number of nitrogens with one attached hydrogen (secondary N) is 2. The lowest BCUT2D eigenvalue weighted by atomic mass is 10.1. The quantitative estimate of drug-likeness (QED) is 0.258. The second kappa shape index (κ2) is 13.1. The summed E-state index contributed by atoms with van der Waals surface area (Å²) in [6.45, 7) is 7.28. The maximum atomic E-state index is 12.6. The Morgan fingerprint density at radius 2 is 1.63 bits per heavy atom. The first-order valence-electron chi connectivity index (χ1n) is 11.7. The van der Waals surface area contributed by atoms with E-state index in [-0.39, 0.29) is 13.0 Å². The number of hydrogen-bond donors (Lipinski definition) is 4. The van der Waals surface area contributed by atoms with Crippen molar-refractivity contribution in [2.45, 2.75) is 38.5 Å². The lowest BCUT2D eigenvalue weighted by molar-refractivity contribution is -0.122. The van der Waals surface area contributed by atoms with Crippen molar-refractivity contribution >= 4 is 23.5 Å². The molecule has 2 heterocycles. The van der Waals surface area contributed by atoms with Crippen LogP contribution in [0, 0.1) is 0 Å². The third-order valence-corrected chi connectivity index (χ3v) is 8.24.